The Kier molecular flexibility index (Phi) is 6.80. The number of amides is 1. The fourth-order valence-corrected chi connectivity index (χ4v) is 4.08. The van der Waals surface area contributed by atoms with Gasteiger partial charge in [-0.3, -0.25) is 4.79 Å². The van der Waals surface area contributed by atoms with Crippen LogP contribution in [0.25, 0.3) is 0 Å². The van der Waals surface area contributed by atoms with Crippen molar-refractivity contribution in [2.24, 2.45) is 0 Å². The number of hydrogen-bond donors (Lipinski definition) is 1. The first-order valence-corrected chi connectivity index (χ1v) is 10.3. The molecule has 0 atom stereocenters. The third-order valence-corrected chi connectivity index (χ3v) is 5.63. The topological polar surface area (TPSA) is 32.3 Å². The maximum absolute atomic E-state index is 13.7. The van der Waals surface area contributed by atoms with Gasteiger partial charge in [0.05, 0.1) is 5.75 Å². The molecular formula is C20H22ClFN2OS. The van der Waals surface area contributed by atoms with Gasteiger partial charge in [0.15, 0.2) is 0 Å². The molecule has 0 bridgehead atoms. The fraction of sp³-hybridized carbons (Fsp3) is 0.350. The van der Waals surface area contributed by atoms with E-state index >= 15 is 0 Å². The highest BCUT2D eigenvalue weighted by atomic mass is 35.5. The standard InChI is InChI=1S/C20H22ClFN2OS/c21-17-7-6-16(18(22)12-17)13-26-14-20(25)23-9-3-10-24-11-8-15-4-1-2-5-19(15)24/h1-2,4-7,12H,3,8-11,13-14H2,(H,23,25). The normalized spacial score (nSPS) is 12.9. The molecule has 0 saturated carbocycles. The molecule has 6 heteroatoms. The molecule has 3 rings (SSSR count). The van der Waals surface area contributed by atoms with E-state index in [9.17, 15) is 9.18 Å². The monoisotopic (exact) mass is 392 g/mol. The minimum absolute atomic E-state index is 0.00815. The zero-order chi connectivity index (χ0) is 18.4. The van der Waals surface area contributed by atoms with E-state index in [1.807, 2.05) is 0 Å². The second-order valence-corrected chi connectivity index (χ2v) is 7.72. The van der Waals surface area contributed by atoms with Gasteiger partial charge in [-0.25, -0.2) is 4.39 Å². The average molecular weight is 393 g/mol. The summed E-state index contributed by atoms with van der Waals surface area (Å²) in [5.41, 5.74) is 3.29. The predicted octanol–water partition coefficient (Wildman–Crippen LogP) is 4.28. The molecule has 1 aliphatic heterocycles. The number of carbonyl (C=O) groups excluding carboxylic acids is 1. The van der Waals surface area contributed by atoms with Gasteiger partial charge in [0.2, 0.25) is 5.91 Å². The van der Waals surface area contributed by atoms with Crippen LogP contribution in [0.5, 0.6) is 0 Å². The quantitative estimate of drug-likeness (QED) is 0.680. The summed E-state index contributed by atoms with van der Waals surface area (Å²) in [5, 5.41) is 3.32. The van der Waals surface area contributed by atoms with Gasteiger partial charge in [0.25, 0.3) is 0 Å². The van der Waals surface area contributed by atoms with E-state index in [1.165, 1.54) is 29.1 Å². The smallest absolute Gasteiger partial charge is 0.230 e. The number of halogens is 2. The molecule has 1 amide bonds. The molecule has 0 aromatic heterocycles. The molecule has 0 aliphatic carbocycles. The highest BCUT2D eigenvalue weighted by molar-refractivity contribution is 7.99. The van der Waals surface area contributed by atoms with Crippen LogP contribution < -0.4 is 10.2 Å². The predicted molar refractivity (Wildman–Crippen MR) is 108 cm³/mol. The summed E-state index contributed by atoms with van der Waals surface area (Å²) in [6.07, 6.45) is 2.01. The largest absolute Gasteiger partial charge is 0.371 e. The Balaban J connectivity index is 1.31. The zero-order valence-electron chi connectivity index (χ0n) is 14.5. The molecule has 26 heavy (non-hydrogen) atoms. The average Bonchev–Trinajstić information content (AvgIpc) is 3.04. The summed E-state index contributed by atoms with van der Waals surface area (Å²) in [4.78, 5) is 14.3. The summed E-state index contributed by atoms with van der Waals surface area (Å²) < 4.78 is 13.7. The van der Waals surface area contributed by atoms with E-state index in [0.29, 0.717) is 28.6 Å². The molecule has 138 valence electrons. The first-order valence-electron chi connectivity index (χ1n) is 8.75. The Hall–Kier alpha value is -1.72. The maximum atomic E-state index is 13.7. The number of nitrogens with zero attached hydrogens (tertiary/aromatic N) is 1. The molecule has 3 nitrogen and oxygen atoms in total. The van der Waals surface area contributed by atoms with Gasteiger partial charge in [0, 0.05) is 36.1 Å². The van der Waals surface area contributed by atoms with Crippen LogP contribution in [0.1, 0.15) is 17.5 Å². The molecule has 0 saturated heterocycles. The first kappa shape index (κ1) is 19.1. The Morgan fingerprint density at radius 1 is 1.27 bits per heavy atom. The van der Waals surface area contributed by atoms with Crippen molar-refractivity contribution < 1.29 is 9.18 Å². The first-order chi connectivity index (χ1) is 12.6. The lowest BCUT2D eigenvalue weighted by Gasteiger charge is -2.19. The maximum Gasteiger partial charge on any atom is 0.230 e. The van der Waals surface area contributed by atoms with E-state index in [4.69, 9.17) is 11.6 Å². The lowest BCUT2D eigenvalue weighted by Crippen LogP contribution is -2.30. The van der Waals surface area contributed by atoms with Crippen molar-refractivity contribution in [3.63, 3.8) is 0 Å². The van der Waals surface area contributed by atoms with Crippen molar-refractivity contribution in [3.8, 4) is 0 Å². The van der Waals surface area contributed by atoms with E-state index in [2.05, 4.69) is 34.5 Å². The van der Waals surface area contributed by atoms with Gasteiger partial charge in [0.1, 0.15) is 5.82 Å². The Bertz CT molecular complexity index is 771. The minimum Gasteiger partial charge on any atom is -0.371 e. The van der Waals surface area contributed by atoms with Gasteiger partial charge in [-0.2, -0.15) is 0 Å². The number of hydrogen-bond acceptors (Lipinski definition) is 3. The number of rotatable bonds is 8. The van der Waals surface area contributed by atoms with Crippen LogP contribution in [-0.2, 0) is 17.0 Å². The summed E-state index contributed by atoms with van der Waals surface area (Å²) >= 11 is 7.14. The SMILES string of the molecule is O=C(CSCc1ccc(Cl)cc1F)NCCCN1CCc2ccccc21. The Morgan fingerprint density at radius 2 is 2.12 bits per heavy atom. The lowest BCUT2D eigenvalue weighted by atomic mass is 10.2. The summed E-state index contributed by atoms with van der Waals surface area (Å²) in [7, 11) is 0. The Morgan fingerprint density at radius 3 is 2.96 bits per heavy atom. The third-order valence-electron chi connectivity index (χ3n) is 4.42. The molecule has 1 N–H and O–H groups in total. The van der Waals surface area contributed by atoms with Gasteiger partial charge in [-0.05, 0) is 42.2 Å². The number of para-hydroxylation sites is 1. The van der Waals surface area contributed by atoms with E-state index in [1.54, 1.807) is 12.1 Å². The number of thioether (sulfide) groups is 1. The van der Waals surface area contributed by atoms with Crippen molar-refractivity contribution in [2.75, 3.05) is 30.3 Å². The molecule has 1 aliphatic rings. The molecule has 0 spiro atoms. The fourth-order valence-electron chi connectivity index (χ4n) is 3.08. The van der Waals surface area contributed by atoms with Crippen molar-refractivity contribution in [3.05, 3.63) is 64.4 Å². The van der Waals surface area contributed by atoms with Crippen LogP contribution in [0, 0.1) is 5.82 Å². The molecule has 0 unspecified atom stereocenters. The molecule has 2 aromatic rings. The molecule has 2 aromatic carbocycles. The van der Waals surface area contributed by atoms with Crippen LogP contribution in [0.15, 0.2) is 42.5 Å². The second-order valence-electron chi connectivity index (χ2n) is 6.30. The highest BCUT2D eigenvalue weighted by Crippen LogP contribution is 2.27. The van der Waals surface area contributed by atoms with Crippen molar-refractivity contribution in [1.29, 1.82) is 0 Å². The summed E-state index contributed by atoms with van der Waals surface area (Å²) in [5.74, 6) is 0.456. The third kappa shape index (κ3) is 5.15. The van der Waals surface area contributed by atoms with Crippen LogP contribution in [0.4, 0.5) is 10.1 Å². The molecular weight excluding hydrogens is 371 g/mol. The van der Waals surface area contributed by atoms with Crippen LogP contribution >= 0.6 is 23.4 Å². The lowest BCUT2D eigenvalue weighted by molar-refractivity contribution is -0.118. The second kappa shape index (κ2) is 9.28. The zero-order valence-corrected chi connectivity index (χ0v) is 16.1. The van der Waals surface area contributed by atoms with Gasteiger partial charge in [-0.1, -0.05) is 35.9 Å². The number of fused-ring (bicyclic) bond motifs is 1. The van der Waals surface area contributed by atoms with Gasteiger partial charge < -0.3 is 10.2 Å². The Labute approximate surface area is 162 Å². The van der Waals surface area contributed by atoms with Crippen molar-refractivity contribution >= 4 is 35.0 Å². The van der Waals surface area contributed by atoms with Gasteiger partial charge >= 0.3 is 0 Å². The van der Waals surface area contributed by atoms with Crippen LogP contribution in [0.3, 0.4) is 0 Å². The molecule has 0 fully saturated rings. The highest BCUT2D eigenvalue weighted by Gasteiger charge is 2.17. The summed E-state index contributed by atoms with van der Waals surface area (Å²) in [6.45, 7) is 2.66. The number of carbonyl (C=O) groups is 1. The van der Waals surface area contributed by atoms with Crippen molar-refractivity contribution in [2.45, 2.75) is 18.6 Å². The van der Waals surface area contributed by atoms with E-state index in [0.717, 1.165) is 25.9 Å². The van der Waals surface area contributed by atoms with E-state index < -0.39 is 0 Å². The number of benzene rings is 2. The number of nitrogens with one attached hydrogen (secondary N) is 1. The number of anilines is 1. The van der Waals surface area contributed by atoms with Crippen LogP contribution in [0.2, 0.25) is 5.02 Å². The summed E-state index contributed by atoms with van der Waals surface area (Å²) in [6, 6.07) is 13.1. The van der Waals surface area contributed by atoms with Crippen molar-refractivity contribution in [1.82, 2.24) is 5.32 Å². The molecule has 0 radical (unpaired) electrons. The minimum atomic E-state index is -0.323. The van der Waals surface area contributed by atoms with Gasteiger partial charge in [-0.15, -0.1) is 11.8 Å². The molecule has 1 heterocycles. The van der Waals surface area contributed by atoms with E-state index in [-0.39, 0.29) is 11.7 Å². The van der Waals surface area contributed by atoms with Crippen LogP contribution in [-0.4, -0.2) is 31.3 Å².